The highest BCUT2D eigenvalue weighted by molar-refractivity contribution is 5.94. The van der Waals surface area contributed by atoms with Crippen molar-refractivity contribution >= 4 is 5.91 Å². The highest BCUT2D eigenvalue weighted by Crippen LogP contribution is 2.06. The number of nitrogens with one attached hydrogen (secondary N) is 1. The molecule has 3 aromatic rings. The van der Waals surface area contributed by atoms with Crippen LogP contribution in [0.4, 0.5) is 0 Å². The van der Waals surface area contributed by atoms with Crippen LogP contribution in [-0.4, -0.2) is 31.1 Å². The summed E-state index contributed by atoms with van der Waals surface area (Å²) in [5.41, 5.74) is 2.45. The number of hydrogen-bond donors (Lipinski definition) is 1. The lowest BCUT2D eigenvalue weighted by Crippen LogP contribution is -2.23. The van der Waals surface area contributed by atoms with Crippen LogP contribution >= 0.6 is 0 Å². The number of benzene rings is 1. The van der Waals surface area contributed by atoms with Crippen molar-refractivity contribution in [3.63, 3.8) is 0 Å². The van der Waals surface area contributed by atoms with Gasteiger partial charge in [-0.3, -0.25) is 9.78 Å². The van der Waals surface area contributed by atoms with Gasteiger partial charge in [-0.25, -0.2) is 4.68 Å². The molecule has 7 heteroatoms. The molecule has 22 heavy (non-hydrogen) atoms. The van der Waals surface area contributed by atoms with E-state index in [4.69, 9.17) is 0 Å². The molecule has 2 aromatic heterocycles. The van der Waals surface area contributed by atoms with E-state index in [1.165, 1.54) is 0 Å². The minimum absolute atomic E-state index is 0.125. The molecule has 1 aromatic carbocycles. The van der Waals surface area contributed by atoms with E-state index in [1.54, 1.807) is 29.3 Å². The van der Waals surface area contributed by atoms with Crippen molar-refractivity contribution in [1.29, 1.82) is 0 Å². The molecule has 0 aliphatic heterocycles. The monoisotopic (exact) mass is 294 g/mol. The van der Waals surface area contributed by atoms with E-state index < -0.39 is 0 Å². The van der Waals surface area contributed by atoms with E-state index in [1.807, 2.05) is 30.3 Å². The summed E-state index contributed by atoms with van der Waals surface area (Å²) in [7, 11) is 0. The summed E-state index contributed by atoms with van der Waals surface area (Å²) in [4.78, 5) is 16.2. The molecule has 2 heterocycles. The number of amides is 1. The normalized spacial score (nSPS) is 10.4. The standard InChI is InChI=1S/C15H14N6O/c22-15(17-9-14-3-1-2-8-16-14)13-6-4-12(5-7-13)10-21-11-18-19-20-21/h1-8,11H,9-10H2,(H,17,22). The highest BCUT2D eigenvalue weighted by Gasteiger charge is 2.06. The number of tetrazole rings is 1. The summed E-state index contributed by atoms with van der Waals surface area (Å²) in [6, 6.07) is 12.9. The Hall–Kier alpha value is -3.09. The summed E-state index contributed by atoms with van der Waals surface area (Å²) in [6.07, 6.45) is 3.25. The van der Waals surface area contributed by atoms with Crippen molar-refractivity contribution in [1.82, 2.24) is 30.5 Å². The van der Waals surface area contributed by atoms with Gasteiger partial charge >= 0.3 is 0 Å². The van der Waals surface area contributed by atoms with Crippen LogP contribution in [0.25, 0.3) is 0 Å². The van der Waals surface area contributed by atoms with Gasteiger partial charge in [0.05, 0.1) is 18.8 Å². The zero-order valence-corrected chi connectivity index (χ0v) is 11.8. The number of aromatic nitrogens is 5. The van der Waals surface area contributed by atoms with Crippen LogP contribution < -0.4 is 5.32 Å². The van der Waals surface area contributed by atoms with Crippen molar-refractivity contribution in [2.45, 2.75) is 13.1 Å². The van der Waals surface area contributed by atoms with Gasteiger partial charge in [-0.05, 0) is 40.3 Å². The number of hydrogen-bond acceptors (Lipinski definition) is 5. The summed E-state index contributed by atoms with van der Waals surface area (Å²) in [6.45, 7) is 0.981. The van der Waals surface area contributed by atoms with Gasteiger partial charge in [-0.2, -0.15) is 0 Å². The fourth-order valence-corrected chi connectivity index (χ4v) is 1.98. The first kappa shape index (κ1) is 13.9. The quantitative estimate of drug-likeness (QED) is 0.760. The molecule has 0 aliphatic rings. The van der Waals surface area contributed by atoms with Crippen LogP contribution in [0.2, 0.25) is 0 Å². The first-order valence-electron chi connectivity index (χ1n) is 6.79. The number of carbonyl (C=O) groups excluding carboxylic acids is 1. The van der Waals surface area contributed by atoms with E-state index in [-0.39, 0.29) is 5.91 Å². The number of pyridine rings is 1. The smallest absolute Gasteiger partial charge is 0.251 e. The van der Waals surface area contributed by atoms with Crippen LogP contribution in [0.3, 0.4) is 0 Å². The van der Waals surface area contributed by atoms with E-state index in [9.17, 15) is 4.79 Å². The third kappa shape index (κ3) is 3.51. The third-order valence-corrected chi connectivity index (χ3v) is 3.11. The van der Waals surface area contributed by atoms with Gasteiger partial charge < -0.3 is 5.32 Å². The van der Waals surface area contributed by atoms with Crippen molar-refractivity contribution in [3.8, 4) is 0 Å². The molecule has 0 aliphatic carbocycles. The molecule has 0 fully saturated rings. The lowest BCUT2D eigenvalue weighted by Gasteiger charge is -2.06. The topological polar surface area (TPSA) is 85.6 Å². The summed E-state index contributed by atoms with van der Waals surface area (Å²) >= 11 is 0. The fraction of sp³-hybridized carbons (Fsp3) is 0.133. The molecule has 1 amide bonds. The molecule has 0 bridgehead atoms. The maximum atomic E-state index is 12.1. The maximum absolute atomic E-state index is 12.1. The lowest BCUT2D eigenvalue weighted by molar-refractivity contribution is 0.0950. The van der Waals surface area contributed by atoms with Crippen molar-refractivity contribution in [2.75, 3.05) is 0 Å². The van der Waals surface area contributed by atoms with Gasteiger partial charge in [0, 0.05) is 11.8 Å². The first-order chi connectivity index (χ1) is 10.8. The Balaban J connectivity index is 1.59. The molecule has 7 nitrogen and oxygen atoms in total. The number of nitrogens with zero attached hydrogens (tertiary/aromatic N) is 5. The van der Waals surface area contributed by atoms with Crippen LogP contribution in [0, 0.1) is 0 Å². The largest absolute Gasteiger partial charge is 0.346 e. The van der Waals surface area contributed by atoms with E-state index in [0.29, 0.717) is 18.7 Å². The predicted octanol–water partition coefficient (Wildman–Crippen LogP) is 1.05. The Morgan fingerprint density at radius 2 is 2.00 bits per heavy atom. The second-order valence-electron chi connectivity index (χ2n) is 4.71. The lowest BCUT2D eigenvalue weighted by atomic mass is 10.1. The SMILES string of the molecule is O=C(NCc1ccccn1)c1ccc(Cn2cnnn2)cc1. The highest BCUT2D eigenvalue weighted by atomic mass is 16.1. The van der Waals surface area contributed by atoms with Gasteiger partial charge in [0.1, 0.15) is 6.33 Å². The van der Waals surface area contributed by atoms with Crippen molar-refractivity contribution in [3.05, 3.63) is 71.8 Å². The Kier molecular flexibility index (Phi) is 4.15. The van der Waals surface area contributed by atoms with Crippen LogP contribution in [0.1, 0.15) is 21.6 Å². The maximum Gasteiger partial charge on any atom is 0.251 e. The number of carbonyl (C=O) groups is 1. The molecular weight excluding hydrogens is 280 g/mol. The Morgan fingerprint density at radius 1 is 1.14 bits per heavy atom. The minimum atomic E-state index is -0.125. The molecule has 3 rings (SSSR count). The van der Waals surface area contributed by atoms with Gasteiger partial charge in [0.15, 0.2) is 0 Å². The summed E-state index contributed by atoms with van der Waals surface area (Å²) < 4.78 is 1.62. The molecule has 0 saturated heterocycles. The van der Waals surface area contributed by atoms with Crippen LogP contribution in [0.15, 0.2) is 55.0 Å². The average molecular weight is 294 g/mol. The molecule has 110 valence electrons. The zero-order chi connectivity index (χ0) is 15.2. The third-order valence-electron chi connectivity index (χ3n) is 3.11. The molecule has 0 radical (unpaired) electrons. The van der Waals surface area contributed by atoms with E-state index in [2.05, 4.69) is 25.8 Å². The zero-order valence-electron chi connectivity index (χ0n) is 11.8. The number of rotatable bonds is 5. The molecular formula is C15H14N6O. The minimum Gasteiger partial charge on any atom is -0.346 e. The van der Waals surface area contributed by atoms with Gasteiger partial charge in [0.25, 0.3) is 5.91 Å². The Labute approximate surface area is 127 Å². The van der Waals surface area contributed by atoms with Crippen molar-refractivity contribution < 1.29 is 4.79 Å². The second-order valence-corrected chi connectivity index (χ2v) is 4.71. The summed E-state index contributed by atoms with van der Waals surface area (Å²) in [5.74, 6) is -0.125. The summed E-state index contributed by atoms with van der Waals surface area (Å²) in [5, 5.41) is 13.8. The fourth-order valence-electron chi connectivity index (χ4n) is 1.98. The molecule has 0 unspecified atom stereocenters. The molecule has 1 N–H and O–H groups in total. The van der Waals surface area contributed by atoms with Gasteiger partial charge in [0.2, 0.25) is 0 Å². The second kappa shape index (κ2) is 6.57. The Bertz CT molecular complexity index is 724. The average Bonchev–Trinajstić information content (AvgIpc) is 3.07. The molecule has 0 atom stereocenters. The van der Waals surface area contributed by atoms with Crippen LogP contribution in [0.5, 0.6) is 0 Å². The van der Waals surface area contributed by atoms with Crippen molar-refractivity contribution in [2.24, 2.45) is 0 Å². The van der Waals surface area contributed by atoms with E-state index in [0.717, 1.165) is 11.3 Å². The van der Waals surface area contributed by atoms with Gasteiger partial charge in [-0.15, -0.1) is 5.10 Å². The molecule has 0 spiro atoms. The molecule has 0 saturated carbocycles. The van der Waals surface area contributed by atoms with Gasteiger partial charge in [-0.1, -0.05) is 18.2 Å². The first-order valence-corrected chi connectivity index (χ1v) is 6.79. The van der Waals surface area contributed by atoms with E-state index >= 15 is 0 Å². The Morgan fingerprint density at radius 3 is 2.68 bits per heavy atom. The van der Waals surface area contributed by atoms with Crippen LogP contribution in [-0.2, 0) is 13.1 Å². The predicted molar refractivity (Wildman–Crippen MR) is 78.8 cm³/mol.